The second-order valence-electron chi connectivity index (χ2n) is 3.82. The summed E-state index contributed by atoms with van der Waals surface area (Å²) in [5, 5.41) is 7.58. The van der Waals surface area contributed by atoms with Gasteiger partial charge in [0.25, 0.3) is 0 Å². The minimum Gasteiger partial charge on any atom is -0.382 e. The second kappa shape index (κ2) is 4.63. The molecule has 7 nitrogen and oxygen atoms in total. The van der Waals surface area contributed by atoms with Crippen LogP contribution in [0, 0.1) is 0 Å². The lowest BCUT2D eigenvalue weighted by Crippen LogP contribution is -2.05. The molecule has 0 radical (unpaired) electrons. The fourth-order valence-corrected chi connectivity index (χ4v) is 2.44. The zero-order chi connectivity index (χ0) is 14.2. The van der Waals surface area contributed by atoms with Crippen LogP contribution in [0.5, 0.6) is 0 Å². The lowest BCUT2D eigenvalue weighted by Gasteiger charge is -2.07. The molecule has 0 fully saturated rings. The highest BCUT2D eigenvalue weighted by Gasteiger charge is 2.15. The third-order valence-corrected chi connectivity index (χ3v) is 3.78. The Labute approximate surface area is 114 Å². The molecule has 0 aliphatic heterocycles. The van der Waals surface area contributed by atoms with Gasteiger partial charge >= 0.3 is 0 Å². The molecule has 9 heteroatoms. The molecule has 0 saturated carbocycles. The summed E-state index contributed by atoms with van der Waals surface area (Å²) in [6.45, 7) is 0. The lowest BCUT2D eigenvalue weighted by molar-refractivity contribution is 0.602. The van der Waals surface area contributed by atoms with E-state index in [9.17, 15) is 8.42 Å². The van der Waals surface area contributed by atoms with Crippen LogP contribution < -0.4 is 11.5 Å². The molecule has 1 aromatic carbocycles. The zero-order valence-electron chi connectivity index (χ0n) is 9.83. The molecule has 0 spiro atoms. The highest BCUT2D eigenvalue weighted by Crippen LogP contribution is 2.31. The molecule has 0 atom stereocenters. The largest absolute Gasteiger partial charge is 0.382 e. The summed E-state index contributed by atoms with van der Waals surface area (Å²) < 4.78 is 22.8. The summed E-state index contributed by atoms with van der Waals surface area (Å²) in [7, 11) is -3.33. The van der Waals surface area contributed by atoms with Crippen LogP contribution in [0.4, 0.5) is 11.8 Å². The van der Waals surface area contributed by atoms with E-state index in [1.807, 2.05) is 0 Å². The number of nitrogens with two attached hydrogens (primary N) is 2. The van der Waals surface area contributed by atoms with Crippen LogP contribution in [0.15, 0.2) is 23.1 Å². The Balaban J connectivity index is 2.59. The molecule has 1 aromatic heterocycles. The smallest absolute Gasteiger partial charge is 0.242 e. The van der Waals surface area contributed by atoms with Gasteiger partial charge in [0.2, 0.25) is 5.95 Å². The number of anilines is 2. The first kappa shape index (κ1) is 13.5. The summed E-state index contributed by atoms with van der Waals surface area (Å²) in [6, 6.07) is 4.23. The van der Waals surface area contributed by atoms with Crippen molar-refractivity contribution in [1.82, 2.24) is 15.2 Å². The van der Waals surface area contributed by atoms with E-state index in [1.165, 1.54) is 18.2 Å². The minimum absolute atomic E-state index is 0.0508. The summed E-state index contributed by atoms with van der Waals surface area (Å²) in [4.78, 5) is 3.87. The highest BCUT2D eigenvalue weighted by atomic mass is 35.5. The van der Waals surface area contributed by atoms with Crippen molar-refractivity contribution >= 4 is 33.2 Å². The molecule has 4 N–H and O–H groups in total. The van der Waals surface area contributed by atoms with Gasteiger partial charge in [0.1, 0.15) is 5.69 Å². The van der Waals surface area contributed by atoms with E-state index in [-0.39, 0.29) is 27.4 Å². The Morgan fingerprint density at radius 1 is 1.21 bits per heavy atom. The number of benzene rings is 1. The molecule has 0 bridgehead atoms. The van der Waals surface area contributed by atoms with E-state index in [2.05, 4.69) is 15.2 Å². The molecule has 0 saturated heterocycles. The Kier molecular flexibility index (Phi) is 3.29. The Hall–Kier alpha value is -1.93. The van der Waals surface area contributed by atoms with Crippen molar-refractivity contribution in [2.24, 2.45) is 0 Å². The number of rotatable bonds is 2. The van der Waals surface area contributed by atoms with Crippen molar-refractivity contribution in [1.29, 1.82) is 0 Å². The molecule has 2 rings (SSSR count). The van der Waals surface area contributed by atoms with Crippen molar-refractivity contribution in [2.75, 3.05) is 17.7 Å². The maximum absolute atomic E-state index is 11.4. The van der Waals surface area contributed by atoms with Crippen LogP contribution in [-0.4, -0.2) is 29.9 Å². The molecular formula is C10H10ClN5O2S. The van der Waals surface area contributed by atoms with E-state index >= 15 is 0 Å². The van der Waals surface area contributed by atoms with Gasteiger partial charge in [-0.2, -0.15) is 4.98 Å². The molecule has 1 heterocycles. The molecule has 19 heavy (non-hydrogen) atoms. The van der Waals surface area contributed by atoms with Gasteiger partial charge in [0, 0.05) is 11.8 Å². The summed E-state index contributed by atoms with van der Waals surface area (Å²) in [5.41, 5.74) is 11.7. The average molecular weight is 300 g/mol. The molecular weight excluding hydrogens is 290 g/mol. The van der Waals surface area contributed by atoms with Crippen molar-refractivity contribution in [2.45, 2.75) is 4.90 Å². The van der Waals surface area contributed by atoms with E-state index in [0.717, 1.165) is 6.26 Å². The minimum atomic E-state index is -3.33. The van der Waals surface area contributed by atoms with Crippen LogP contribution in [-0.2, 0) is 9.84 Å². The van der Waals surface area contributed by atoms with Gasteiger partial charge in [0.15, 0.2) is 15.7 Å². The van der Waals surface area contributed by atoms with Gasteiger partial charge in [-0.1, -0.05) is 11.6 Å². The van der Waals surface area contributed by atoms with Crippen molar-refractivity contribution < 1.29 is 8.42 Å². The Morgan fingerprint density at radius 2 is 1.89 bits per heavy atom. The first-order valence-corrected chi connectivity index (χ1v) is 7.31. The van der Waals surface area contributed by atoms with Crippen LogP contribution in [0.1, 0.15) is 0 Å². The third-order valence-electron chi connectivity index (χ3n) is 2.35. The fraction of sp³-hybridized carbons (Fsp3) is 0.100. The molecule has 2 aromatic rings. The number of hydrogen-bond donors (Lipinski definition) is 2. The van der Waals surface area contributed by atoms with Crippen molar-refractivity contribution in [3.63, 3.8) is 0 Å². The van der Waals surface area contributed by atoms with E-state index in [0.29, 0.717) is 5.56 Å². The topological polar surface area (TPSA) is 125 Å². The molecule has 0 aliphatic rings. The van der Waals surface area contributed by atoms with Crippen LogP contribution in [0.2, 0.25) is 5.02 Å². The molecule has 0 amide bonds. The SMILES string of the molecule is CS(=O)(=O)c1ccc(-c2nnc(N)nc2N)c(Cl)c1. The van der Waals surface area contributed by atoms with E-state index in [4.69, 9.17) is 23.1 Å². The van der Waals surface area contributed by atoms with Gasteiger partial charge in [-0.3, -0.25) is 0 Å². The van der Waals surface area contributed by atoms with Gasteiger partial charge in [-0.05, 0) is 18.2 Å². The maximum Gasteiger partial charge on any atom is 0.242 e. The van der Waals surface area contributed by atoms with Gasteiger partial charge in [-0.25, -0.2) is 8.42 Å². The number of halogens is 1. The lowest BCUT2D eigenvalue weighted by atomic mass is 10.1. The highest BCUT2D eigenvalue weighted by molar-refractivity contribution is 7.90. The maximum atomic E-state index is 11.4. The first-order chi connectivity index (χ1) is 8.79. The van der Waals surface area contributed by atoms with Crippen LogP contribution in [0.25, 0.3) is 11.3 Å². The van der Waals surface area contributed by atoms with Crippen molar-refractivity contribution in [3.8, 4) is 11.3 Å². The molecule has 0 unspecified atom stereocenters. The van der Waals surface area contributed by atoms with Gasteiger partial charge in [0.05, 0.1) is 9.92 Å². The molecule has 0 aliphatic carbocycles. The summed E-state index contributed by atoms with van der Waals surface area (Å²) in [6.07, 6.45) is 1.09. The number of nitrogens with zero attached hydrogens (tertiary/aromatic N) is 3. The quantitative estimate of drug-likeness (QED) is 0.838. The van der Waals surface area contributed by atoms with Crippen LogP contribution in [0.3, 0.4) is 0 Å². The second-order valence-corrected chi connectivity index (χ2v) is 6.24. The van der Waals surface area contributed by atoms with E-state index in [1.54, 1.807) is 0 Å². The number of nitrogen functional groups attached to an aromatic ring is 2. The van der Waals surface area contributed by atoms with Gasteiger partial charge < -0.3 is 11.5 Å². The summed E-state index contributed by atoms with van der Waals surface area (Å²) >= 11 is 6.03. The Bertz CT molecular complexity index is 748. The predicted octanol–water partition coefficient (Wildman–Crippen LogP) is 0.760. The van der Waals surface area contributed by atoms with Gasteiger partial charge in [-0.15, -0.1) is 10.2 Å². The molecule has 100 valence electrons. The monoisotopic (exact) mass is 299 g/mol. The normalized spacial score (nSPS) is 11.5. The number of aromatic nitrogens is 3. The number of hydrogen-bond acceptors (Lipinski definition) is 7. The fourth-order valence-electron chi connectivity index (χ4n) is 1.46. The standard InChI is InChI=1S/C10H10ClN5O2S/c1-19(17,18)5-2-3-6(7(11)4-5)8-9(12)14-10(13)16-15-8/h2-4H,1H3,(H4,12,13,14,16). The number of sulfone groups is 1. The zero-order valence-corrected chi connectivity index (χ0v) is 11.4. The van der Waals surface area contributed by atoms with Crippen LogP contribution >= 0.6 is 11.6 Å². The predicted molar refractivity (Wildman–Crippen MR) is 72.2 cm³/mol. The average Bonchev–Trinajstić information content (AvgIpc) is 2.28. The van der Waals surface area contributed by atoms with Crippen molar-refractivity contribution in [3.05, 3.63) is 23.2 Å². The first-order valence-electron chi connectivity index (χ1n) is 5.04. The summed E-state index contributed by atoms with van der Waals surface area (Å²) in [5.74, 6) is 0.0200. The third kappa shape index (κ3) is 2.74. The Morgan fingerprint density at radius 3 is 2.42 bits per heavy atom. The van der Waals surface area contributed by atoms with E-state index < -0.39 is 9.84 Å².